The third-order valence-corrected chi connectivity index (χ3v) is 5.00. The first kappa shape index (κ1) is 15.9. The summed E-state index contributed by atoms with van der Waals surface area (Å²) < 4.78 is 5.37. The van der Waals surface area contributed by atoms with Crippen molar-refractivity contribution in [2.45, 2.75) is 32.4 Å². The molecule has 0 amide bonds. The molecule has 1 atom stereocenters. The number of hydrogen-bond acceptors (Lipinski definition) is 4. The minimum absolute atomic E-state index is 0.287. The Morgan fingerprint density at radius 1 is 1.16 bits per heavy atom. The molecule has 0 bridgehead atoms. The van der Waals surface area contributed by atoms with Crippen LogP contribution in [0.25, 0.3) is 11.0 Å². The van der Waals surface area contributed by atoms with Crippen molar-refractivity contribution in [3.8, 4) is 5.75 Å². The van der Waals surface area contributed by atoms with Crippen molar-refractivity contribution in [1.29, 1.82) is 0 Å². The van der Waals surface area contributed by atoms with E-state index < -0.39 is 0 Å². The van der Waals surface area contributed by atoms with Crippen LogP contribution in [0.4, 0.5) is 0 Å². The summed E-state index contributed by atoms with van der Waals surface area (Å²) in [6, 6.07) is 15.4. The van der Waals surface area contributed by atoms with E-state index in [4.69, 9.17) is 4.42 Å². The molecule has 4 heteroatoms. The van der Waals surface area contributed by atoms with E-state index in [1.807, 2.05) is 37.3 Å². The number of phenolic OH excluding ortho intramolecular Hbond substituents is 1. The second-order valence-electron chi connectivity index (χ2n) is 6.81. The minimum Gasteiger partial charge on any atom is -0.508 e. The van der Waals surface area contributed by atoms with Gasteiger partial charge in [-0.05, 0) is 61.2 Å². The van der Waals surface area contributed by atoms with Gasteiger partial charge in [0.25, 0.3) is 0 Å². The normalized spacial score (nSPS) is 18.0. The highest BCUT2D eigenvalue weighted by atomic mass is 16.4. The lowest BCUT2D eigenvalue weighted by atomic mass is 10.0. The molecule has 1 aliphatic rings. The summed E-state index contributed by atoms with van der Waals surface area (Å²) >= 11 is 0. The van der Waals surface area contributed by atoms with Gasteiger partial charge < -0.3 is 9.52 Å². The van der Waals surface area contributed by atoms with E-state index in [1.54, 1.807) is 18.2 Å². The second kappa shape index (κ2) is 6.37. The van der Waals surface area contributed by atoms with Crippen molar-refractivity contribution in [3.05, 3.63) is 75.6 Å². The average molecular weight is 335 g/mol. The van der Waals surface area contributed by atoms with E-state index in [0.717, 1.165) is 42.4 Å². The molecule has 1 aromatic heterocycles. The molecule has 1 fully saturated rings. The summed E-state index contributed by atoms with van der Waals surface area (Å²) in [6.07, 6.45) is 2.22. The van der Waals surface area contributed by atoms with E-state index >= 15 is 0 Å². The van der Waals surface area contributed by atoms with Gasteiger partial charge in [-0.15, -0.1) is 0 Å². The average Bonchev–Trinajstić information content (AvgIpc) is 3.03. The number of likely N-dealkylation sites (tertiary alicyclic amines) is 1. The van der Waals surface area contributed by atoms with Crippen molar-refractivity contribution in [2.75, 3.05) is 6.54 Å². The fourth-order valence-electron chi connectivity index (χ4n) is 3.78. The molecule has 0 radical (unpaired) electrons. The van der Waals surface area contributed by atoms with E-state index in [0.29, 0.717) is 11.6 Å². The quantitative estimate of drug-likeness (QED) is 0.731. The fraction of sp³-hybridized carbons (Fsp3) is 0.286. The van der Waals surface area contributed by atoms with Gasteiger partial charge in [0, 0.05) is 24.0 Å². The summed E-state index contributed by atoms with van der Waals surface area (Å²) in [5.74, 6) is 0.287. The van der Waals surface area contributed by atoms with E-state index in [1.165, 1.54) is 5.56 Å². The van der Waals surface area contributed by atoms with Crippen molar-refractivity contribution in [3.63, 3.8) is 0 Å². The molecule has 4 rings (SSSR count). The lowest BCUT2D eigenvalue weighted by Gasteiger charge is -2.25. The Kier molecular flexibility index (Phi) is 4.06. The van der Waals surface area contributed by atoms with Crippen LogP contribution in [0, 0.1) is 6.92 Å². The molecule has 1 aliphatic heterocycles. The van der Waals surface area contributed by atoms with Crippen LogP contribution in [0.15, 0.2) is 57.7 Å². The van der Waals surface area contributed by atoms with Crippen LogP contribution in [-0.2, 0) is 6.54 Å². The van der Waals surface area contributed by atoms with Crippen molar-refractivity contribution in [1.82, 2.24) is 4.90 Å². The first-order chi connectivity index (χ1) is 12.1. The Morgan fingerprint density at radius 2 is 1.96 bits per heavy atom. The van der Waals surface area contributed by atoms with Gasteiger partial charge >= 0.3 is 5.63 Å². The van der Waals surface area contributed by atoms with Gasteiger partial charge in [-0.2, -0.15) is 0 Å². The first-order valence-corrected chi connectivity index (χ1v) is 8.66. The topological polar surface area (TPSA) is 53.7 Å². The van der Waals surface area contributed by atoms with Gasteiger partial charge in [-0.1, -0.05) is 24.3 Å². The van der Waals surface area contributed by atoms with Crippen LogP contribution in [-0.4, -0.2) is 16.6 Å². The molecule has 0 saturated carbocycles. The molecule has 1 unspecified atom stereocenters. The Labute approximate surface area is 146 Å². The second-order valence-corrected chi connectivity index (χ2v) is 6.81. The van der Waals surface area contributed by atoms with Gasteiger partial charge in [0.05, 0.1) is 0 Å². The molecule has 0 spiro atoms. The lowest BCUT2D eigenvalue weighted by Crippen LogP contribution is -2.23. The monoisotopic (exact) mass is 335 g/mol. The third kappa shape index (κ3) is 3.17. The molecule has 1 saturated heterocycles. The Bertz CT molecular complexity index is 959. The zero-order chi connectivity index (χ0) is 17.4. The summed E-state index contributed by atoms with van der Waals surface area (Å²) in [7, 11) is 0. The number of rotatable bonds is 3. The number of benzene rings is 2. The maximum atomic E-state index is 12.0. The van der Waals surface area contributed by atoms with E-state index in [-0.39, 0.29) is 11.4 Å². The highest BCUT2D eigenvalue weighted by Gasteiger charge is 2.26. The highest BCUT2D eigenvalue weighted by molar-refractivity contribution is 5.80. The van der Waals surface area contributed by atoms with Crippen molar-refractivity contribution < 1.29 is 9.52 Å². The number of hydrogen-bond donors (Lipinski definition) is 1. The number of fused-ring (bicyclic) bond motifs is 1. The molecule has 0 aliphatic carbocycles. The number of phenols is 1. The molecule has 1 N–H and O–H groups in total. The standard InChI is InChI=1S/C21H21NO3/c1-14-4-9-18-16(12-21(24)25-20(18)11-14)13-22-10-2-3-19(22)15-5-7-17(23)8-6-15/h4-9,11-12,19,23H,2-3,10,13H2,1H3. The van der Waals surface area contributed by atoms with Crippen LogP contribution in [0.3, 0.4) is 0 Å². The third-order valence-electron chi connectivity index (χ3n) is 5.00. The van der Waals surface area contributed by atoms with Gasteiger partial charge in [0.2, 0.25) is 0 Å². The molecule has 4 nitrogen and oxygen atoms in total. The van der Waals surface area contributed by atoms with Crippen LogP contribution in [0.1, 0.15) is 35.6 Å². The number of aryl methyl sites for hydroxylation is 1. The van der Waals surface area contributed by atoms with Crippen molar-refractivity contribution >= 4 is 11.0 Å². The SMILES string of the molecule is Cc1ccc2c(CN3CCCC3c3ccc(O)cc3)cc(=O)oc2c1. The molecule has 2 aromatic carbocycles. The smallest absolute Gasteiger partial charge is 0.336 e. The maximum absolute atomic E-state index is 12.0. The van der Waals surface area contributed by atoms with Crippen LogP contribution in [0.5, 0.6) is 5.75 Å². The summed E-state index contributed by atoms with van der Waals surface area (Å²) in [5.41, 5.74) is 3.66. The molecular weight excluding hydrogens is 314 g/mol. The van der Waals surface area contributed by atoms with Crippen LogP contribution < -0.4 is 5.63 Å². The number of nitrogens with zero attached hydrogens (tertiary/aromatic N) is 1. The minimum atomic E-state index is -0.298. The summed E-state index contributed by atoms with van der Waals surface area (Å²) in [4.78, 5) is 14.4. The Morgan fingerprint density at radius 3 is 2.76 bits per heavy atom. The first-order valence-electron chi connectivity index (χ1n) is 8.66. The maximum Gasteiger partial charge on any atom is 0.336 e. The zero-order valence-electron chi connectivity index (χ0n) is 14.2. The predicted molar refractivity (Wildman–Crippen MR) is 97.7 cm³/mol. The largest absolute Gasteiger partial charge is 0.508 e. The van der Waals surface area contributed by atoms with Gasteiger partial charge in [0.1, 0.15) is 11.3 Å². The van der Waals surface area contributed by atoms with E-state index in [9.17, 15) is 9.90 Å². The molecular formula is C21H21NO3. The lowest BCUT2D eigenvalue weighted by molar-refractivity contribution is 0.249. The van der Waals surface area contributed by atoms with E-state index in [2.05, 4.69) is 4.90 Å². The molecule has 3 aromatic rings. The summed E-state index contributed by atoms with van der Waals surface area (Å²) in [6.45, 7) is 3.71. The Hall–Kier alpha value is -2.59. The highest BCUT2D eigenvalue weighted by Crippen LogP contribution is 2.34. The van der Waals surface area contributed by atoms with Crippen molar-refractivity contribution in [2.24, 2.45) is 0 Å². The van der Waals surface area contributed by atoms with Crippen LogP contribution in [0.2, 0.25) is 0 Å². The van der Waals surface area contributed by atoms with Gasteiger partial charge in [-0.3, -0.25) is 4.90 Å². The predicted octanol–water partition coefficient (Wildman–Crippen LogP) is 4.14. The Balaban J connectivity index is 1.68. The molecule has 25 heavy (non-hydrogen) atoms. The molecule has 128 valence electrons. The fourth-order valence-corrected chi connectivity index (χ4v) is 3.78. The number of aromatic hydroxyl groups is 1. The van der Waals surface area contributed by atoms with Gasteiger partial charge in [-0.25, -0.2) is 4.79 Å². The van der Waals surface area contributed by atoms with Crippen LogP contribution >= 0.6 is 0 Å². The zero-order valence-corrected chi connectivity index (χ0v) is 14.2. The summed E-state index contributed by atoms with van der Waals surface area (Å²) in [5, 5.41) is 10.5. The molecule has 2 heterocycles. The van der Waals surface area contributed by atoms with Gasteiger partial charge in [0.15, 0.2) is 0 Å².